The highest BCUT2D eigenvalue weighted by atomic mass is 32.2. The molecule has 0 saturated heterocycles. The van der Waals surface area contributed by atoms with Crippen molar-refractivity contribution >= 4 is 44.3 Å². The summed E-state index contributed by atoms with van der Waals surface area (Å²) in [6.07, 6.45) is 3.90. The molecule has 0 radical (unpaired) electrons. The van der Waals surface area contributed by atoms with Gasteiger partial charge in [0.05, 0.1) is 6.54 Å². The van der Waals surface area contributed by atoms with E-state index in [2.05, 4.69) is 31.9 Å². The number of hydrogen-bond donors (Lipinski definition) is 8. The van der Waals surface area contributed by atoms with Crippen molar-refractivity contribution in [3.05, 3.63) is 36.4 Å². The largest absolute Gasteiger partial charge is 0.383 e. The van der Waals surface area contributed by atoms with Gasteiger partial charge in [0.25, 0.3) is 10.1 Å². The van der Waals surface area contributed by atoms with E-state index < -0.39 is 10.1 Å². The van der Waals surface area contributed by atoms with Gasteiger partial charge in [-0.2, -0.15) is 8.42 Å². The minimum atomic E-state index is -4.36. The Morgan fingerprint density at radius 2 is 1.26 bits per heavy atom. The molecule has 0 aliphatic carbocycles. The van der Waals surface area contributed by atoms with Gasteiger partial charge in [0.1, 0.15) is 4.90 Å². The van der Waals surface area contributed by atoms with Crippen LogP contribution >= 0.6 is 0 Å². The van der Waals surface area contributed by atoms with E-state index in [1.165, 1.54) is 6.07 Å². The number of rotatable bonds is 22. The van der Waals surface area contributed by atoms with E-state index in [0.29, 0.717) is 36.1 Å². The first-order chi connectivity index (χ1) is 20.2. The first kappa shape index (κ1) is 34.9. The Morgan fingerprint density at radius 1 is 0.667 bits per heavy atom. The standard InChI is InChI=1S/C28H45N7O6S/c29-13-5-16-30-14-1-2-15-31-17-6-18-33-28(38)21-35-27(37)12-11-26(36)34-20-19-32-24-9-3-8-23-22(24)7-4-10-25(23)42(39,40)41/h3-4,7-10,30-32H,1-2,5-6,11-21,29H2,(H,33,38)(H,34,36)(H,35,37)(H,39,40,41). The van der Waals surface area contributed by atoms with Gasteiger partial charge in [-0.15, -0.1) is 0 Å². The number of amides is 3. The molecule has 0 heterocycles. The summed E-state index contributed by atoms with van der Waals surface area (Å²) in [5.41, 5.74) is 6.10. The molecule has 0 atom stereocenters. The van der Waals surface area contributed by atoms with Crippen LogP contribution in [0.5, 0.6) is 0 Å². The number of fused-ring (bicyclic) bond motifs is 1. The zero-order valence-electron chi connectivity index (χ0n) is 24.0. The molecule has 2 aromatic carbocycles. The first-order valence-corrected chi connectivity index (χ1v) is 15.8. The molecule has 14 heteroatoms. The quantitative estimate of drug-likeness (QED) is 0.0680. The second-order valence-corrected chi connectivity index (χ2v) is 11.1. The molecular formula is C28H45N7O6S. The third-order valence-electron chi connectivity index (χ3n) is 6.32. The van der Waals surface area contributed by atoms with Gasteiger partial charge in [-0.3, -0.25) is 18.9 Å². The Kier molecular flexibility index (Phi) is 16.4. The maximum atomic E-state index is 12.1. The van der Waals surface area contributed by atoms with Gasteiger partial charge in [-0.1, -0.05) is 24.3 Å². The van der Waals surface area contributed by atoms with Crippen LogP contribution in [-0.2, 0) is 24.5 Å². The average molecular weight is 608 g/mol. The van der Waals surface area contributed by atoms with Gasteiger partial charge in [-0.25, -0.2) is 0 Å². The van der Waals surface area contributed by atoms with Crippen LogP contribution in [0.1, 0.15) is 38.5 Å². The highest BCUT2D eigenvalue weighted by Gasteiger charge is 2.15. The molecule has 0 saturated carbocycles. The van der Waals surface area contributed by atoms with Crippen LogP contribution in [0.15, 0.2) is 41.3 Å². The number of hydrogen-bond acceptors (Lipinski definition) is 9. The summed E-state index contributed by atoms with van der Waals surface area (Å²) < 4.78 is 32.7. The second kappa shape index (κ2) is 19.8. The lowest BCUT2D eigenvalue weighted by molar-refractivity contribution is -0.128. The van der Waals surface area contributed by atoms with E-state index in [1.807, 2.05) is 0 Å². The number of nitrogens with one attached hydrogen (secondary N) is 6. The maximum Gasteiger partial charge on any atom is 0.295 e. The monoisotopic (exact) mass is 607 g/mol. The predicted molar refractivity (Wildman–Crippen MR) is 164 cm³/mol. The number of nitrogens with two attached hydrogens (primary N) is 1. The SMILES string of the molecule is NCCCNCCCCNCCCNC(=O)CNC(=O)CCC(=O)NCCNc1cccc2c(S(=O)(=O)O)cccc12. The topological polar surface area (TPSA) is 204 Å². The number of carbonyl (C=O) groups excluding carboxylic acids is 3. The zero-order valence-corrected chi connectivity index (χ0v) is 24.9. The molecule has 234 valence electrons. The lowest BCUT2D eigenvalue weighted by Gasteiger charge is -2.12. The van der Waals surface area contributed by atoms with Crippen molar-refractivity contribution in [1.29, 1.82) is 0 Å². The van der Waals surface area contributed by atoms with Gasteiger partial charge >= 0.3 is 0 Å². The smallest absolute Gasteiger partial charge is 0.295 e. The van der Waals surface area contributed by atoms with Crippen molar-refractivity contribution in [1.82, 2.24) is 26.6 Å². The predicted octanol–water partition coefficient (Wildman–Crippen LogP) is 0.326. The van der Waals surface area contributed by atoms with E-state index in [1.54, 1.807) is 30.3 Å². The Labute approximate surface area is 247 Å². The van der Waals surface area contributed by atoms with Crippen LogP contribution in [-0.4, -0.2) is 89.6 Å². The van der Waals surface area contributed by atoms with E-state index in [0.717, 1.165) is 51.9 Å². The minimum absolute atomic E-state index is 0.0190. The highest BCUT2D eigenvalue weighted by Crippen LogP contribution is 2.28. The summed E-state index contributed by atoms with van der Waals surface area (Å²) in [5.74, 6) is -0.971. The van der Waals surface area contributed by atoms with Crippen LogP contribution < -0.4 is 37.6 Å². The molecule has 13 nitrogen and oxygen atoms in total. The zero-order chi connectivity index (χ0) is 30.6. The van der Waals surface area contributed by atoms with Crippen LogP contribution in [0.2, 0.25) is 0 Å². The molecular weight excluding hydrogens is 562 g/mol. The van der Waals surface area contributed by atoms with E-state index in [-0.39, 0.29) is 48.5 Å². The Morgan fingerprint density at radius 3 is 1.95 bits per heavy atom. The van der Waals surface area contributed by atoms with Gasteiger partial charge in [0.2, 0.25) is 17.7 Å². The van der Waals surface area contributed by atoms with Crippen LogP contribution in [0.25, 0.3) is 10.8 Å². The third-order valence-corrected chi connectivity index (χ3v) is 7.23. The molecule has 3 amide bonds. The summed E-state index contributed by atoms with van der Waals surface area (Å²) >= 11 is 0. The van der Waals surface area contributed by atoms with E-state index >= 15 is 0 Å². The molecule has 0 aliphatic rings. The second-order valence-electron chi connectivity index (χ2n) is 9.74. The lowest BCUT2D eigenvalue weighted by Crippen LogP contribution is -2.38. The van der Waals surface area contributed by atoms with Gasteiger partial charge < -0.3 is 37.6 Å². The summed E-state index contributed by atoms with van der Waals surface area (Å²) in [6, 6.07) is 9.64. The molecule has 2 aromatic rings. The van der Waals surface area contributed by atoms with E-state index in [9.17, 15) is 27.4 Å². The molecule has 9 N–H and O–H groups in total. The molecule has 0 aliphatic heterocycles. The Hall–Kier alpha value is -3.30. The van der Waals surface area contributed by atoms with Gasteiger partial charge in [0.15, 0.2) is 0 Å². The fourth-order valence-electron chi connectivity index (χ4n) is 4.12. The van der Waals surface area contributed by atoms with Crippen LogP contribution in [0.3, 0.4) is 0 Å². The Balaban J connectivity index is 1.51. The number of benzene rings is 2. The van der Waals surface area contributed by atoms with Crippen molar-refractivity contribution in [3.8, 4) is 0 Å². The van der Waals surface area contributed by atoms with Crippen molar-refractivity contribution in [2.75, 3.05) is 64.2 Å². The maximum absolute atomic E-state index is 12.1. The number of anilines is 1. The fraction of sp³-hybridized carbons (Fsp3) is 0.536. The van der Waals surface area contributed by atoms with Crippen molar-refractivity contribution in [2.45, 2.75) is 43.4 Å². The van der Waals surface area contributed by atoms with Crippen LogP contribution in [0.4, 0.5) is 5.69 Å². The van der Waals surface area contributed by atoms with Crippen LogP contribution in [0, 0.1) is 0 Å². The minimum Gasteiger partial charge on any atom is -0.383 e. The molecule has 0 spiro atoms. The molecule has 0 fully saturated rings. The van der Waals surface area contributed by atoms with Crippen molar-refractivity contribution in [3.63, 3.8) is 0 Å². The van der Waals surface area contributed by atoms with Crippen molar-refractivity contribution in [2.24, 2.45) is 5.73 Å². The summed E-state index contributed by atoms with van der Waals surface area (Å²) in [4.78, 5) is 35.8. The van der Waals surface area contributed by atoms with Gasteiger partial charge in [0, 0.05) is 48.9 Å². The van der Waals surface area contributed by atoms with E-state index in [4.69, 9.17) is 5.73 Å². The normalized spacial score (nSPS) is 11.3. The van der Waals surface area contributed by atoms with Crippen molar-refractivity contribution < 1.29 is 27.4 Å². The summed E-state index contributed by atoms with van der Waals surface area (Å²) in [5, 5.41) is 18.8. The lowest BCUT2D eigenvalue weighted by atomic mass is 10.1. The van der Waals surface area contributed by atoms with Gasteiger partial charge in [-0.05, 0) is 70.5 Å². The summed E-state index contributed by atoms with van der Waals surface area (Å²) in [6.45, 7) is 5.39. The summed E-state index contributed by atoms with van der Waals surface area (Å²) in [7, 11) is -4.36. The first-order valence-electron chi connectivity index (χ1n) is 14.4. The third kappa shape index (κ3) is 14.0. The molecule has 42 heavy (non-hydrogen) atoms. The molecule has 0 aromatic heterocycles. The molecule has 0 bridgehead atoms. The highest BCUT2D eigenvalue weighted by molar-refractivity contribution is 7.86. The molecule has 2 rings (SSSR count). The average Bonchev–Trinajstić information content (AvgIpc) is 2.97. The number of unbranched alkanes of at least 4 members (excludes halogenated alkanes) is 1. The fourth-order valence-corrected chi connectivity index (χ4v) is 4.83. The Bertz CT molecular complexity index is 1240. The molecule has 0 unspecified atom stereocenters. The number of carbonyl (C=O) groups is 3.